The van der Waals surface area contributed by atoms with Gasteiger partial charge >= 0.3 is 0 Å². The van der Waals surface area contributed by atoms with Gasteiger partial charge in [0.1, 0.15) is 5.78 Å². The monoisotopic (exact) mass is 248 g/mol. The van der Waals surface area contributed by atoms with Gasteiger partial charge in [-0.3, -0.25) is 9.59 Å². The van der Waals surface area contributed by atoms with Crippen LogP contribution in [-0.4, -0.2) is 35.0 Å². The molecule has 2 heterocycles. The Morgan fingerprint density at radius 2 is 2.17 bits per heavy atom. The third kappa shape index (κ3) is 2.64. The van der Waals surface area contributed by atoms with Gasteiger partial charge in [-0.1, -0.05) is 0 Å². The quantitative estimate of drug-likeness (QED) is 0.835. The summed E-state index contributed by atoms with van der Waals surface area (Å²) in [6.45, 7) is 3.14. The summed E-state index contributed by atoms with van der Waals surface area (Å²) in [6.07, 6.45) is 1.89. The summed E-state index contributed by atoms with van der Waals surface area (Å²) in [4.78, 5) is 24.3. The van der Waals surface area contributed by atoms with Crippen LogP contribution in [0.15, 0.2) is 12.1 Å². The molecule has 0 radical (unpaired) electrons. The van der Waals surface area contributed by atoms with Gasteiger partial charge in [-0.2, -0.15) is 0 Å². The van der Waals surface area contributed by atoms with Crippen LogP contribution in [0.4, 0.5) is 5.82 Å². The summed E-state index contributed by atoms with van der Waals surface area (Å²) >= 11 is 0. The van der Waals surface area contributed by atoms with Crippen molar-refractivity contribution < 1.29 is 9.59 Å². The van der Waals surface area contributed by atoms with Crippen LogP contribution in [0.3, 0.4) is 0 Å². The number of carbonyl (C=O) groups excluding carboxylic acids is 2. The first kappa shape index (κ1) is 12.5. The highest BCUT2D eigenvalue weighted by molar-refractivity contribution is 5.90. The van der Waals surface area contributed by atoms with Gasteiger partial charge in [0.15, 0.2) is 11.5 Å². The predicted octanol–water partition coefficient (Wildman–Crippen LogP) is 0.381. The second-order valence-corrected chi connectivity index (χ2v) is 4.54. The van der Waals surface area contributed by atoms with Crippen LogP contribution in [0.1, 0.15) is 30.3 Å². The first-order valence-corrected chi connectivity index (χ1v) is 5.97. The molecule has 1 atom stereocenters. The third-order valence-corrected chi connectivity index (χ3v) is 3.22. The predicted molar refractivity (Wildman–Crippen MR) is 66.2 cm³/mol. The van der Waals surface area contributed by atoms with E-state index in [0.717, 1.165) is 19.4 Å². The molecule has 2 N–H and O–H groups in total. The van der Waals surface area contributed by atoms with Crippen LogP contribution in [0.25, 0.3) is 0 Å². The number of Topliss-reactive ketones (excluding diaryl/α,β-unsaturated/α-hetero) is 1. The number of rotatable bonds is 3. The highest BCUT2D eigenvalue weighted by atomic mass is 16.1. The van der Waals surface area contributed by atoms with Gasteiger partial charge in [-0.15, -0.1) is 10.2 Å². The average molecular weight is 248 g/mol. The van der Waals surface area contributed by atoms with E-state index < -0.39 is 5.91 Å². The second kappa shape index (κ2) is 5.12. The number of carbonyl (C=O) groups is 2. The molecule has 0 bridgehead atoms. The second-order valence-electron chi connectivity index (χ2n) is 4.54. The van der Waals surface area contributed by atoms with Gasteiger partial charge in [0.05, 0.1) is 0 Å². The van der Waals surface area contributed by atoms with Crippen LogP contribution < -0.4 is 10.6 Å². The standard InChI is InChI=1S/C12H16N4O2/c1-8(17)9-3-2-6-16(7-9)11-5-4-10(12(13)18)14-15-11/h4-5,9H,2-3,6-7H2,1H3,(H2,13,18). The lowest BCUT2D eigenvalue weighted by Gasteiger charge is -2.31. The summed E-state index contributed by atoms with van der Waals surface area (Å²) in [7, 11) is 0. The maximum atomic E-state index is 11.4. The third-order valence-electron chi connectivity index (χ3n) is 3.22. The molecule has 1 unspecified atom stereocenters. The van der Waals surface area contributed by atoms with E-state index >= 15 is 0 Å². The minimum atomic E-state index is -0.589. The molecule has 0 saturated carbocycles. The van der Waals surface area contributed by atoms with Crippen molar-refractivity contribution in [2.24, 2.45) is 11.7 Å². The Morgan fingerprint density at radius 3 is 2.72 bits per heavy atom. The maximum absolute atomic E-state index is 11.4. The highest BCUT2D eigenvalue weighted by Gasteiger charge is 2.24. The number of nitrogens with zero attached hydrogens (tertiary/aromatic N) is 3. The SMILES string of the molecule is CC(=O)C1CCCN(c2ccc(C(N)=O)nn2)C1. The molecule has 1 aliphatic rings. The van der Waals surface area contributed by atoms with Gasteiger partial charge < -0.3 is 10.6 Å². The van der Waals surface area contributed by atoms with E-state index in [1.807, 2.05) is 4.90 Å². The lowest BCUT2D eigenvalue weighted by Crippen LogP contribution is -2.38. The van der Waals surface area contributed by atoms with Crippen molar-refractivity contribution in [2.75, 3.05) is 18.0 Å². The van der Waals surface area contributed by atoms with Crippen molar-refractivity contribution in [3.05, 3.63) is 17.8 Å². The lowest BCUT2D eigenvalue weighted by molar-refractivity contribution is -0.120. The Kier molecular flexibility index (Phi) is 3.55. The van der Waals surface area contributed by atoms with Gasteiger partial charge in [0.2, 0.25) is 0 Å². The summed E-state index contributed by atoms with van der Waals surface area (Å²) < 4.78 is 0. The zero-order chi connectivity index (χ0) is 13.1. The molecule has 6 nitrogen and oxygen atoms in total. The Labute approximate surface area is 105 Å². The molecule has 1 fully saturated rings. The smallest absolute Gasteiger partial charge is 0.269 e. The summed E-state index contributed by atoms with van der Waals surface area (Å²) in [5, 5.41) is 7.75. The number of anilines is 1. The summed E-state index contributed by atoms with van der Waals surface area (Å²) in [5.74, 6) is 0.373. The van der Waals surface area contributed by atoms with Gasteiger partial charge in [0, 0.05) is 19.0 Å². The van der Waals surface area contributed by atoms with E-state index in [0.29, 0.717) is 12.4 Å². The van der Waals surface area contributed by atoms with Crippen molar-refractivity contribution in [3.63, 3.8) is 0 Å². The van der Waals surface area contributed by atoms with Gasteiger partial charge in [0.25, 0.3) is 5.91 Å². The zero-order valence-corrected chi connectivity index (χ0v) is 10.3. The van der Waals surface area contributed by atoms with Crippen LogP contribution in [0.2, 0.25) is 0 Å². The molecule has 1 amide bonds. The molecule has 2 rings (SSSR count). The number of ketones is 1. The normalized spacial score (nSPS) is 19.6. The molecule has 1 aliphatic heterocycles. The molecule has 96 valence electrons. The maximum Gasteiger partial charge on any atom is 0.269 e. The van der Waals surface area contributed by atoms with Crippen molar-refractivity contribution in [2.45, 2.75) is 19.8 Å². The van der Waals surface area contributed by atoms with Crippen molar-refractivity contribution in [1.82, 2.24) is 10.2 Å². The zero-order valence-electron chi connectivity index (χ0n) is 10.3. The number of hydrogen-bond acceptors (Lipinski definition) is 5. The van der Waals surface area contributed by atoms with E-state index in [4.69, 9.17) is 5.73 Å². The number of aromatic nitrogens is 2. The summed E-state index contributed by atoms with van der Waals surface area (Å²) in [6, 6.07) is 3.28. The van der Waals surface area contributed by atoms with Gasteiger partial charge in [-0.25, -0.2) is 0 Å². The Balaban J connectivity index is 2.11. The Bertz CT molecular complexity index is 458. The largest absolute Gasteiger partial charge is 0.364 e. The van der Waals surface area contributed by atoms with E-state index in [-0.39, 0.29) is 17.4 Å². The van der Waals surface area contributed by atoms with Crippen molar-refractivity contribution in [1.29, 1.82) is 0 Å². The van der Waals surface area contributed by atoms with E-state index in [2.05, 4.69) is 10.2 Å². The molecule has 0 spiro atoms. The fourth-order valence-corrected chi connectivity index (χ4v) is 2.14. The minimum Gasteiger partial charge on any atom is -0.364 e. The lowest BCUT2D eigenvalue weighted by atomic mass is 9.95. The molecule has 1 aromatic heterocycles. The average Bonchev–Trinajstić information content (AvgIpc) is 2.39. The molecule has 18 heavy (non-hydrogen) atoms. The first-order valence-electron chi connectivity index (χ1n) is 5.97. The fourth-order valence-electron chi connectivity index (χ4n) is 2.14. The first-order chi connectivity index (χ1) is 8.58. The summed E-state index contributed by atoms with van der Waals surface area (Å²) in [5.41, 5.74) is 5.26. The van der Waals surface area contributed by atoms with Crippen molar-refractivity contribution >= 4 is 17.5 Å². The molecule has 1 aromatic rings. The van der Waals surface area contributed by atoms with E-state index in [1.54, 1.807) is 19.1 Å². The van der Waals surface area contributed by atoms with Crippen molar-refractivity contribution in [3.8, 4) is 0 Å². The minimum absolute atomic E-state index is 0.0661. The number of hydrogen-bond donors (Lipinski definition) is 1. The molecule has 6 heteroatoms. The van der Waals surface area contributed by atoms with E-state index in [1.165, 1.54) is 0 Å². The number of nitrogens with two attached hydrogens (primary N) is 1. The van der Waals surface area contributed by atoms with Gasteiger partial charge in [-0.05, 0) is 31.9 Å². The molecule has 1 saturated heterocycles. The number of primary amides is 1. The van der Waals surface area contributed by atoms with Crippen LogP contribution >= 0.6 is 0 Å². The van der Waals surface area contributed by atoms with Crippen LogP contribution in [0, 0.1) is 5.92 Å². The Hall–Kier alpha value is -1.98. The van der Waals surface area contributed by atoms with E-state index in [9.17, 15) is 9.59 Å². The molecule has 0 aliphatic carbocycles. The molecular weight excluding hydrogens is 232 g/mol. The highest BCUT2D eigenvalue weighted by Crippen LogP contribution is 2.21. The van der Waals surface area contributed by atoms with Crippen LogP contribution in [-0.2, 0) is 4.79 Å². The molecule has 0 aromatic carbocycles. The number of piperidine rings is 1. The Morgan fingerprint density at radius 1 is 1.39 bits per heavy atom. The topological polar surface area (TPSA) is 89.2 Å². The fraction of sp³-hybridized carbons (Fsp3) is 0.500. The molecular formula is C12H16N4O2. The van der Waals surface area contributed by atoms with Crippen LogP contribution in [0.5, 0.6) is 0 Å². The number of amides is 1.